The minimum Gasteiger partial charge on any atom is -0.0622 e. The first-order valence-corrected chi connectivity index (χ1v) is 22.8. The molecule has 0 aliphatic heterocycles. The maximum absolute atomic E-state index is 3.93. The van der Waals surface area contributed by atoms with E-state index in [9.17, 15) is 0 Å². The van der Waals surface area contributed by atoms with Crippen molar-refractivity contribution in [2.24, 2.45) is 0 Å². The molecule has 7 rings (SSSR count). The number of hydrogen-bond acceptors (Lipinski definition) is 0. The van der Waals surface area contributed by atoms with Crippen LogP contribution in [0.15, 0.2) is 212 Å². The average molecular weight is 736 g/mol. The Kier molecular flexibility index (Phi) is 12.2. The fourth-order valence-corrected chi connectivity index (χ4v) is 14.3. The molecule has 0 bridgehead atoms. The Morgan fingerprint density at radius 2 is 0.442 bits per heavy atom. The van der Waals surface area contributed by atoms with Crippen molar-refractivity contribution in [3.05, 3.63) is 212 Å². The first kappa shape index (κ1) is 35.3. The second-order valence-electron chi connectivity index (χ2n) is 11.7. The quantitative estimate of drug-likeness (QED) is 0.113. The van der Waals surface area contributed by atoms with Crippen LogP contribution in [-0.4, -0.2) is 0 Å². The highest BCUT2D eigenvalue weighted by Crippen LogP contribution is 2.57. The van der Waals surface area contributed by atoms with E-state index in [2.05, 4.69) is 246 Å². The summed E-state index contributed by atoms with van der Waals surface area (Å²) >= 11 is 0. The van der Waals surface area contributed by atoms with Crippen LogP contribution in [0.1, 0.15) is 0 Å². The second-order valence-corrected chi connectivity index (χ2v) is 20.0. The van der Waals surface area contributed by atoms with Gasteiger partial charge in [0.25, 0.3) is 7.26 Å². The topological polar surface area (TPSA) is 0 Å². The molecule has 0 aromatic heterocycles. The van der Waals surface area contributed by atoms with Crippen LogP contribution in [0.25, 0.3) is 0 Å². The van der Waals surface area contributed by atoms with E-state index in [-0.39, 0.29) is 0 Å². The Balaban J connectivity index is 1.49. The van der Waals surface area contributed by atoms with Crippen molar-refractivity contribution in [1.82, 2.24) is 0 Å². The molecule has 246 valence electrons. The van der Waals surface area contributed by atoms with E-state index in [0.29, 0.717) is 0 Å². The molecule has 0 atom stereocenters. The molecule has 0 saturated heterocycles. The fraction of sp³-hybridized carbons (Fsp3) is 0. The van der Waals surface area contributed by atoms with Gasteiger partial charge >= 0.3 is 0 Å². The van der Waals surface area contributed by atoms with Crippen LogP contribution in [-0.2, 0) is 0 Å². The van der Waals surface area contributed by atoms with Crippen molar-refractivity contribution in [2.45, 2.75) is 0 Å². The molecule has 7 aromatic rings. The monoisotopic (exact) mass is 735 g/mol. The van der Waals surface area contributed by atoms with Crippen molar-refractivity contribution in [2.75, 3.05) is 0 Å². The first-order valence-electron chi connectivity index (χ1n) is 17.0. The maximum Gasteiger partial charge on any atom is 0.277 e. The van der Waals surface area contributed by atoms with E-state index < -0.39 is 31.0 Å². The largest absolute Gasteiger partial charge is 0.277 e. The molecule has 0 N–H and O–H groups in total. The maximum atomic E-state index is 3.93. The molecule has 0 nitrogen and oxygen atoms in total. The van der Waals surface area contributed by atoms with E-state index >= 15 is 0 Å². The Morgan fingerprint density at radius 1 is 0.250 bits per heavy atom. The van der Waals surface area contributed by atoms with E-state index in [0.717, 1.165) is 5.30 Å². The Morgan fingerprint density at radius 3 is 0.654 bits per heavy atom. The van der Waals surface area contributed by atoms with Crippen LogP contribution < -0.4 is 37.1 Å². The molecule has 0 amide bonds. The van der Waals surface area contributed by atoms with Gasteiger partial charge in [-0.1, -0.05) is 200 Å². The molecule has 0 unspecified atom stereocenters. The third-order valence-corrected chi connectivity index (χ3v) is 17.1. The number of hydrogen-bond donors (Lipinski definition) is 0. The summed E-state index contributed by atoms with van der Waals surface area (Å²) in [5, 5.41) is 8.39. The molecule has 52 heavy (non-hydrogen) atoms. The highest BCUT2D eigenvalue weighted by atomic mass is 31.2. The Bertz CT molecular complexity index is 1990. The number of benzene rings is 7. The standard InChI is InChI=1S/C48H35P4/c1-8-22-42(23-9-1)49(43-24-10-2-11-25-43)36-39-52(48-34-20-7-21-35-48,40-37-50(44-26-12-3-13-27-44)45-28-14-4-15-29-45)41-38-51(46-30-16-5-17-31-46)47-32-18-6-19-33-47/h1-35H/q+1. The van der Waals surface area contributed by atoms with Gasteiger partial charge in [0.1, 0.15) is 22.3 Å². The van der Waals surface area contributed by atoms with Crippen LogP contribution in [0.5, 0.6) is 0 Å². The van der Waals surface area contributed by atoms with Crippen molar-refractivity contribution >= 4 is 68.2 Å². The molecular weight excluding hydrogens is 700 g/mol. The van der Waals surface area contributed by atoms with Crippen LogP contribution in [0, 0.1) is 34.0 Å². The minimum absolute atomic E-state index is 0.991. The van der Waals surface area contributed by atoms with Gasteiger partial charge in [-0.05, 0) is 60.9 Å². The third-order valence-electron chi connectivity index (χ3n) is 8.22. The molecule has 4 heteroatoms. The van der Waals surface area contributed by atoms with Crippen molar-refractivity contribution in [1.29, 1.82) is 0 Å². The normalized spacial score (nSPS) is 10.8. The van der Waals surface area contributed by atoms with Gasteiger partial charge in [-0.3, -0.25) is 0 Å². The highest BCUT2D eigenvalue weighted by Gasteiger charge is 2.39. The Hall–Kier alpha value is -5.06. The van der Waals surface area contributed by atoms with E-state index in [4.69, 9.17) is 0 Å². The molecule has 0 saturated carbocycles. The zero-order valence-electron chi connectivity index (χ0n) is 28.5. The second kappa shape index (κ2) is 17.9. The lowest BCUT2D eigenvalue weighted by atomic mass is 10.4. The molecular formula is C48H35P4+. The summed E-state index contributed by atoms with van der Waals surface area (Å²) in [7, 11) is -5.74. The van der Waals surface area contributed by atoms with Crippen LogP contribution in [0.3, 0.4) is 0 Å². The first-order chi connectivity index (χ1) is 25.8. The summed E-state index contributed by atoms with van der Waals surface area (Å²) in [6.45, 7) is 0. The lowest BCUT2D eigenvalue weighted by Crippen LogP contribution is -2.12. The van der Waals surface area contributed by atoms with Crippen molar-refractivity contribution in [3.63, 3.8) is 0 Å². The van der Waals surface area contributed by atoms with Gasteiger partial charge in [-0.25, -0.2) is 0 Å². The predicted octanol–water partition coefficient (Wildman–Crippen LogP) is 9.48. The zero-order chi connectivity index (χ0) is 35.3. The predicted molar refractivity (Wildman–Crippen MR) is 234 cm³/mol. The smallest absolute Gasteiger partial charge is 0.0622 e. The van der Waals surface area contributed by atoms with Crippen LogP contribution in [0.2, 0.25) is 0 Å². The summed E-state index contributed by atoms with van der Waals surface area (Å²) in [4.78, 5) is 0. The fourth-order valence-electron chi connectivity index (χ4n) is 5.60. The van der Waals surface area contributed by atoms with E-state index in [1.54, 1.807) is 0 Å². The van der Waals surface area contributed by atoms with Crippen LogP contribution in [0.4, 0.5) is 0 Å². The van der Waals surface area contributed by atoms with Crippen molar-refractivity contribution in [3.8, 4) is 34.0 Å². The Labute approximate surface area is 313 Å². The summed E-state index contributed by atoms with van der Waals surface area (Å²) in [5.41, 5.74) is 23.4. The van der Waals surface area contributed by atoms with E-state index in [1.807, 2.05) is 0 Å². The lowest BCUT2D eigenvalue weighted by molar-refractivity contribution is 1.76. The minimum atomic E-state index is -2.77. The van der Waals surface area contributed by atoms with Crippen molar-refractivity contribution < 1.29 is 0 Å². The average Bonchev–Trinajstić information content (AvgIpc) is 3.23. The van der Waals surface area contributed by atoms with Crippen LogP contribution >= 0.6 is 31.0 Å². The van der Waals surface area contributed by atoms with E-state index in [1.165, 1.54) is 31.8 Å². The van der Waals surface area contributed by atoms with Gasteiger partial charge in [0.15, 0.2) is 0 Å². The third kappa shape index (κ3) is 8.86. The molecule has 7 aromatic carbocycles. The van der Waals surface area contributed by atoms with Gasteiger partial charge in [0, 0.05) is 23.8 Å². The summed E-state index contributed by atoms with van der Waals surface area (Å²) in [6.07, 6.45) is 0. The summed E-state index contributed by atoms with van der Waals surface area (Å²) in [6, 6.07) is 74.6. The van der Waals surface area contributed by atoms with Gasteiger partial charge in [-0.15, -0.1) is 0 Å². The zero-order valence-corrected chi connectivity index (χ0v) is 32.1. The number of rotatable bonds is 7. The highest BCUT2D eigenvalue weighted by molar-refractivity contribution is 7.97. The van der Waals surface area contributed by atoms with Gasteiger partial charge < -0.3 is 0 Å². The molecule has 0 radical (unpaired) electrons. The molecule has 0 spiro atoms. The summed E-state index contributed by atoms with van der Waals surface area (Å²) in [5.74, 6) is 0. The molecule has 0 aliphatic rings. The van der Waals surface area contributed by atoms with Gasteiger partial charge in [-0.2, -0.15) is 0 Å². The lowest BCUT2D eigenvalue weighted by Gasteiger charge is -2.14. The summed E-state index contributed by atoms with van der Waals surface area (Å²) < 4.78 is 0. The van der Waals surface area contributed by atoms with Gasteiger partial charge in [0.05, 0.1) is 0 Å². The van der Waals surface area contributed by atoms with Gasteiger partial charge in [0.2, 0.25) is 0 Å². The molecule has 0 aliphatic carbocycles. The SMILES string of the molecule is C(#C[P+](C#CP(c1ccccc1)c1ccccc1)(C#CP(c1ccccc1)c1ccccc1)c1ccccc1)P(c1ccccc1)c1ccccc1. The molecule has 0 heterocycles. The molecule has 0 fully saturated rings.